The highest BCUT2D eigenvalue weighted by molar-refractivity contribution is 9.10. The summed E-state index contributed by atoms with van der Waals surface area (Å²) in [5, 5.41) is 7.25. The molecule has 0 bridgehead atoms. The van der Waals surface area contributed by atoms with Crippen molar-refractivity contribution in [2.45, 2.75) is 13.0 Å². The Kier molecular flexibility index (Phi) is 3.69. The fraction of sp³-hybridized carbons (Fsp3) is 0.444. The number of halogens is 1. The van der Waals surface area contributed by atoms with Crippen LogP contribution in [-0.2, 0) is 7.05 Å². The van der Waals surface area contributed by atoms with Gasteiger partial charge >= 0.3 is 0 Å². The van der Waals surface area contributed by atoms with Crippen LogP contribution in [0.4, 0.5) is 0 Å². The van der Waals surface area contributed by atoms with Gasteiger partial charge in [-0.3, -0.25) is 4.68 Å². The Bertz CT molecular complexity index is 284. The first kappa shape index (κ1) is 10.5. The van der Waals surface area contributed by atoms with Gasteiger partial charge in [0.2, 0.25) is 0 Å². The Balaban J connectivity index is 2.78. The molecule has 0 radical (unpaired) electrons. The van der Waals surface area contributed by atoms with Gasteiger partial charge in [0.05, 0.1) is 16.4 Å². The fourth-order valence-corrected chi connectivity index (χ4v) is 1.42. The van der Waals surface area contributed by atoms with Gasteiger partial charge in [-0.2, -0.15) is 5.10 Å². The Morgan fingerprint density at radius 1 is 1.69 bits per heavy atom. The molecule has 1 unspecified atom stereocenters. The van der Waals surface area contributed by atoms with Crippen LogP contribution in [-0.4, -0.2) is 22.9 Å². The zero-order chi connectivity index (χ0) is 9.84. The third-order valence-corrected chi connectivity index (χ3v) is 2.55. The van der Waals surface area contributed by atoms with Crippen molar-refractivity contribution in [1.29, 1.82) is 0 Å². The molecule has 0 amide bonds. The molecule has 0 aliphatic heterocycles. The van der Waals surface area contributed by atoms with E-state index in [0.29, 0.717) is 6.04 Å². The molecule has 0 aromatic carbocycles. The van der Waals surface area contributed by atoms with E-state index < -0.39 is 0 Å². The molecule has 0 fully saturated rings. The third kappa shape index (κ3) is 2.67. The number of aromatic nitrogens is 2. The smallest absolute Gasteiger partial charge is 0.0746 e. The highest BCUT2D eigenvalue weighted by Crippen LogP contribution is 2.16. The lowest BCUT2D eigenvalue weighted by Crippen LogP contribution is -2.17. The summed E-state index contributed by atoms with van der Waals surface area (Å²) in [4.78, 5) is 0. The van der Waals surface area contributed by atoms with Crippen molar-refractivity contribution >= 4 is 22.0 Å². The number of rotatable bonds is 3. The van der Waals surface area contributed by atoms with E-state index in [9.17, 15) is 0 Å². The molecule has 0 saturated carbocycles. The van der Waals surface area contributed by atoms with Crippen molar-refractivity contribution in [2.24, 2.45) is 7.05 Å². The fourth-order valence-electron chi connectivity index (χ4n) is 0.939. The molecule has 13 heavy (non-hydrogen) atoms. The summed E-state index contributed by atoms with van der Waals surface area (Å²) >= 11 is 3.43. The highest BCUT2D eigenvalue weighted by atomic mass is 79.9. The van der Waals surface area contributed by atoms with Crippen molar-refractivity contribution in [1.82, 2.24) is 15.1 Å². The summed E-state index contributed by atoms with van der Waals surface area (Å²) in [7, 11) is 3.86. The van der Waals surface area contributed by atoms with E-state index in [1.165, 1.54) is 0 Å². The summed E-state index contributed by atoms with van der Waals surface area (Å²) in [6.45, 7) is 2.10. The summed E-state index contributed by atoms with van der Waals surface area (Å²) in [6, 6.07) is 0.377. The second-order valence-electron chi connectivity index (χ2n) is 2.94. The zero-order valence-electron chi connectivity index (χ0n) is 8.08. The van der Waals surface area contributed by atoms with Crippen molar-refractivity contribution in [3.05, 3.63) is 22.4 Å². The molecule has 0 aliphatic carbocycles. The van der Waals surface area contributed by atoms with Gasteiger partial charge in [0.1, 0.15) is 0 Å². The monoisotopic (exact) mass is 243 g/mol. The molecule has 3 nitrogen and oxygen atoms in total. The first-order chi connectivity index (χ1) is 6.15. The van der Waals surface area contributed by atoms with E-state index in [2.05, 4.69) is 45.4 Å². The average Bonchev–Trinajstić information content (AvgIpc) is 2.43. The second kappa shape index (κ2) is 4.58. The number of aryl methyl sites for hydroxylation is 1. The van der Waals surface area contributed by atoms with Gasteiger partial charge in [0.15, 0.2) is 0 Å². The van der Waals surface area contributed by atoms with E-state index in [-0.39, 0.29) is 0 Å². The van der Waals surface area contributed by atoms with E-state index in [4.69, 9.17) is 0 Å². The van der Waals surface area contributed by atoms with Crippen LogP contribution in [0.1, 0.15) is 12.6 Å². The molecular weight excluding hydrogens is 230 g/mol. The molecule has 72 valence electrons. The maximum absolute atomic E-state index is 4.12. The molecular formula is C9H14BrN3. The largest absolute Gasteiger partial charge is 0.314 e. The quantitative estimate of drug-likeness (QED) is 0.878. The van der Waals surface area contributed by atoms with Gasteiger partial charge in [-0.05, 0) is 36.0 Å². The zero-order valence-corrected chi connectivity index (χ0v) is 9.67. The minimum absolute atomic E-state index is 0.377. The topological polar surface area (TPSA) is 29.9 Å². The summed E-state index contributed by atoms with van der Waals surface area (Å²) in [6.07, 6.45) is 5.95. The van der Waals surface area contributed by atoms with Gasteiger partial charge in [0.25, 0.3) is 0 Å². The minimum Gasteiger partial charge on any atom is -0.314 e. The Morgan fingerprint density at radius 3 is 2.85 bits per heavy atom. The molecule has 0 spiro atoms. The molecule has 4 heteroatoms. The molecule has 1 aromatic heterocycles. The van der Waals surface area contributed by atoms with Gasteiger partial charge in [-0.1, -0.05) is 6.08 Å². The van der Waals surface area contributed by atoms with Gasteiger partial charge < -0.3 is 5.32 Å². The molecule has 0 saturated heterocycles. The van der Waals surface area contributed by atoms with Crippen LogP contribution in [0.5, 0.6) is 0 Å². The average molecular weight is 244 g/mol. The van der Waals surface area contributed by atoms with Crippen LogP contribution in [0, 0.1) is 0 Å². The summed E-state index contributed by atoms with van der Waals surface area (Å²) in [5.74, 6) is 0. The molecule has 1 aromatic rings. The van der Waals surface area contributed by atoms with Crippen molar-refractivity contribution in [2.75, 3.05) is 7.05 Å². The van der Waals surface area contributed by atoms with Crippen molar-refractivity contribution in [3.63, 3.8) is 0 Å². The molecule has 1 heterocycles. The molecule has 1 rings (SSSR count). The second-order valence-corrected chi connectivity index (χ2v) is 3.79. The van der Waals surface area contributed by atoms with E-state index >= 15 is 0 Å². The normalized spacial score (nSPS) is 13.8. The lowest BCUT2D eigenvalue weighted by Gasteiger charge is -2.02. The predicted octanol–water partition coefficient (Wildman–Crippen LogP) is 1.80. The number of likely N-dealkylation sites (N-methyl/N-ethyl adjacent to an activating group) is 1. The van der Waals surface area contributed by atoms with Gasteiger partial charge in [0, 0.05) is 13.1 Å². The van der Waals surface area contributed by atoms with Crippen LogP contribution in [0.2, 0.25) is 0 Å². The van der Waals surface area contributed by atoms with Crippen LogP contribution < -0.4 is 5.32 Å². The third-order valence-electron chi connectivity index (χ3n) is 1.94. The number of hydrogen-bond acceptors (Lipinski definition) is 2. The van der Waals surface area contributed by atoms with Crippen LogP contribution >= 0.6 is 15.9 Å². The number of nitrogens with zero attached hydrogens (tertiary/aromatic N) is 2. The lowest BCUT2D eigenvalue weighted by molar-refractivity contribution is 0.728. The predicted molar refractivity (Wildman–Crippen MR) is 58.5 cm³/mol. The number of nitrogens with one attached hydrogen (secondary N) is 1. The minimum atomic E-state index is 0.377. The standard InChI is InChI=1S/C9H14BrN3/c1-7(11-2)4-5-9-8(10)6-12-13(9)3/h4-7,11H,1-3H3/b5-4+. The Morgan fingerprint density at radius 2 is 2.38 bits per heavy atom. The highest BCUT2D eigenvalue weighted by Gasteiger charge is 2.01. The maximum Gasteiger partial charge on any atom is 0.0746 e. The first-order valence-corrected chi connectivity index (χ1v) is 4.97. The summed E-state index contributed by atoms with van der Waals surface area (Å²) < 4.78 is 2.86. The van der Waals surface area contributed by atoms with E-state index in [1.54, 1.807) is 6.20 Å². The van der Waals surface area contributed by atoms with Crippen LogP contribution in [0.15, 0.2) is 16.7 Å². The van der Waals surface area contributed by atoms with Crippen LogP contribution in [0.25, 0.3) is 6.08 Å². The number of hydrogen-bond donors (Lipinski definition) is 1. The van der Waals surface area contributed by atoms with Crippen molar-refractivity contribution in [3.8, 4) is 0 Å². The van der Waals surface area contributed by atoms with Gasteiger partial charge in [-0.15, -0.1) is 0 Å². The Labute approximate surface area is 87.0 Å². The van der Waals surface area contributed by atoms with E-state index in [1.807, 2.05) is 18.8 Å². The van der Waals surface area contributed by atoms with Gasteiger partial charge in [-0.25, -0.2) is 0 Å². The first-order valence-electron chi connectivity index (χ1n) is 4.18. The SMILES string of the molecule is CNC(C)/C=C/c1c(Br)cnn1C. The lowest BCUT2D eigenvalue weighted by atomic mass is 10.3. The Hall–Kier alpha value is -0.610. The van der Waals surface area contributed by atoms with E-state index in [0.717, 1.165) is 10.2 Å². The molecule has 0 aliphatic rings. The molecule has 1 atom stereocenters. The maximum atomic E-state index is 4.12. The summed E-state index contributed by atoms with van der Waals surface area (Å²) in [5.41, 5.74) is 1.09. The van der Waals surface area contributed by atoms with Crippen LogP contribution in [0.3, 0.4) is 0 Å². The molecule has 1 N–H and O–H groups in total. The van der Waals surface area contributed by atoms with Crippen molar-refractivity contribution < 1.29 is 0 Å².